The molecule has 1 aliphatic carbocycles. The van der Waals surface area contributed by atoms with E-state index >= 15 is 0 Å². The van der Waals surface area contributed by atoms with Gasteiger partial charge in [-0.25, -0.2) is 4.79 Å². The maximum Gasteiger partial charge on any atom is 0.407 e. The fraction of sp³-hybridized carbons (Fsp3) is 0.923. The number of carbonyl (C=O) groups is 1. The summed E-state index contributed by atoms with van der Waals surface area (Å²) in [7, 11) is 2.04. The standard InChI is InChI=1S/C13H23N3O5/c1-15-8-6-10(7-9-15)20-13(17)14-11-4-2-3-5-12(11)21-16(18)19/h10-12H,2-9H2,1H3,(H,14,17)/t11-,12-/m1/s1. The Morgan fingerprint density at radius 3 is 2.57 bits per heavy atom. The highest BCUT2D eigenvalue weighted by Gasteiger charge is 2.30. The van der Waals surface area contributed by atoms with Crippen LogP contribution in [0.25, 0.3) is 0 Å². The van der Waals surface area contributed by atoms with Gasteiger partial charge >= 0.3 is 6.09 Å². The number of piperidine rings is 1. The number of amides is 1. The summed E-state index contributed by atoms with van der Waals surface area (Å²) in [6.45, 7) is 1.82. The molecule has 0 unspecified atom stereocenters. The van der Waals surface area contributed by atoms with Crippen LogP contribution in [0, 0.1) is 10.1 Å². The Labute approximate surface area is 123 Å². The number of likely N-dealkylation sites (tertiary alicyclic amines) is 1. The van der Waals surface area contributed by atoms with E-state index in [0.717, 1.165) is 38.8 Å². The molecule has 2 fully saturated rings. The van der Waals surface area contributed by atoms with Crippen LogP contribution in [0.1, 0.15) is 38.5 Å². The van der Waals surface area contributed by atoms with Crippen molar-refractivity contribution in [1.82, 2.24) is 10.2 Å². The average molecular weight is 301 g/mol. The molecule has 1 amide bonds. The van der Waals surface area contributed by atoms with Gasteiger partial charge in [-0.2, -0.15) is 0 Å². The maximum absolute atomic E-state index is 11.9. The number of nitrogens with one attached hydrogen (secondary N) is 1. The Kier molecular flexibility index (Phi) is 5.60. The van der Waals surface area contributed by atoms with E-state index in [1.165, 1.54) is 0 Å². The minimum absolute atomic E-state index is 0.0697. The summed E-state index contributed by atoms with van der Waals surface area (Å²) in [6.07, 6.45) is 3.58. The van der Waals surface area contributed by atoms with E-state index in [2.05, 4.69) is 15.1 Å². The maximum atomic E-state index is 11.9. The van der Waals surface area contributed by atoms with E-state index in [4.69, 9.17) is 4.74 Å². The number of carbonyl (C=O) groups excluding carboxylic acids is 1. The Morgan fingerprint density at radius 2 is 1.90 bits per heavy atom. The van der Waals surface area contributed by atoms with Gasteiger partial charge in [-0.1, -0.05) is 12.8 Å². The summed E-state index contributed by atoms with van der Waals surface area (Å²) >= 11 is 0. The van der Waals surface area contributed by atoms with E-state index in [1.807, 2.05) is 7.05 Å². The first-order valence-electron chi connectivity index (χ1n) is 7.51. The van der Waals surface area contributed by atoms with Crippen LogP contribution < -0.4 is 5.32 Å². The average Bonchev–Trinajstić information content (AvgIpc) is 2.43. The van der Waals surface area contributed by atoms with E-state index in [-0.39, 0.29) is 12.1 Å². The third-order valence-electron chi connectivity index (χ3n) is 4.17. The molecule has 2 atom stereocenters. The first-order valence-corrected chi connectivity index (χ1v) is 7.51. The Hall–Kier alpha value is -1.57. The first-order chi connectivity index (χ1) is 10.0. The Balaban J connectivity index is 1.78. The molecule has 0 aromatic rings. The smallest absolute Gasteiger partial charge is 0.407 e. The number of alkyl carbamates (subject to hydrolysis) is 1. The van der Waals surface area contributed by atoms with Crippen molar-refractivity contribution in [1.29, 1.82) is 0 Å². The highest BCUT2D eigenvalue weighted by atomic mass is 17.0. The van der Waals surface area contributed by atoms with Gasteiger partial charge in [0.1, 0.15) is 12.2 Å². The quantitative estimate of drug-likeness (QED) is 0.622. The third kappa shape index (κ3) is 5.04. The van der Waals surface area contributed by atoms with Crippen molar-refractivity contribution in [3.8, 4) is 0 Å². The summed E-state index contributed by atoms with van der Waals surface area (Å²) in [5.74, 6) is 0. The number of hydrogen-bond donors (Lipinski definition) is 1. The van der Waals surface area contributed by atoms with E-state index in [0.29, 0.717) is 12.8 Å². The lowest BCUT2D eigenvalue weighted by Crippen LogP contribution is -2.48. The zero-order valence-corrected chi connectivity index (χ0v) is 12.3. The van der Waals surface area contributed by atoms with Crippen LogP contribution in [-0.4, -0.2) is 54.5 Å². The van der Waals surface area contributed by atoms with Crippen LogP contribution in [-0.2, 0) is 9.57 Å². The van der Waals surface area contributed by atoms with Gasteiger partial charge in [-0.05, 0) is 32.7 Å². The molecule has 0 spiro atoms. The lowest BCUT2D eigenvalue weighted by atomic mass is 9.93. The molecule has 21 heavy (non-hydrogen) atoms. The van der Waals surface area contributed by atoms with Crippen LogP contribution in [0.4, 0.5) is 4.79 Å². The molecule has 1 heterocycles. The van der Waals surface area contributed by atoms with Crippen LogP contribution in [0.2, 0.25) is 0 Å². The monoisotopic (exact) mass is 301 g/mol. The van der Waals surface area contributed by atoms with E-state index in [9.17, 15) is 14.9 Å². The van der Waals surface area contributed by atoms with Crippen molar-refractivity contribution >= 4 is 6.09 Å². The Morgan fingerprint density at radius 1 is 1.24 bits per heavy atom. The fourth-order valence-electron chi connectivity index (χ4n) is 2.94. The molecule has 8 heteroatoms. The molecule has 1 saturated heterocycles. The zero-order chi connectivity index (χ0) is 15.2. The van der Waals surface area contributed by atoms with Crippen molar-refractivity contribution < 1.29 is 19.5 Å². The lowest BCUT2D eigenvalue weighted by molar-refractivity contribution is -0.770. The van der Waals surface area contributed by atoms with Gasteiger partial charge in [0.05, 0.1) is 6.04 Å². The van der Waals surface area contributed by atoms with Gasteiger partial charge in [0.25, 0.3) is 5.09 Å². The van der Waals surface area contributed by atoms with Gasteiger partial charge in [0.15, 0.2) is 0 Å². The highest BCUT2D eigenvalue weighted by molar-refractivity contribution is 5.67. The molecule has 120 valence electrons. The van der Waals surface area contributed by atoms with Crippen LogP contribution in [0.15, 0.2) is 0 Å². The predicted molar refractivity (Wildman–Crippen MR) is 74.3 cm³/mol. The summed E-state index contributed by atoms with van der Waals surface area (Å²) in [4.78, 5) is 29.2. The third-order valence-corrected chi connectivity index (χ3v) is 4.17. The second kappa shape index (κ2) is 7.44. The van der Waals surface area contributed by atoms with Gasteiger partial charge in [-0.15, -0.1) is 10.1 Å². The van der Waals surface area contributed by atoms with Gasteiger partial charge in [0.2, 0.25) is 0 Å². The van der Waals surface area contributed by atoms with Crippen molar-refractivity contribution in [2.24, 2.45) is 0 Å². The molecule has 0 aromatic carbocycles. The SMILES string of the molecule is CN1CCC(OC(=O)N[C@@H]2CCCC[C@H]2O[N+](=O)[O-])CC1. The number of hydrogen-bond acceptors (Lipinski definition) is 6. The molecule has 0 bridgehead atoms. The molecule has 1 saturated carbocycles. The number of rotatable bonds is 4. The zero-order valence-electron chi connectivity index (χ0n) is 12.3. The van der Waals surface area contributed by atoms with Crippen LogP contribution >= 0.6 is 0 Å². The molecular weight excluding hydrogens is 278 g/mol. The topological polar surface area (TPSA) is 93.9 Å². The minimum Gasteiger partial charge on any atom is -0.446 e. The molecule has 8 nitrogen and oxygen atoms in total. The highest BCUT2D eigenvalue weighted by Crippen LogP contribution is 2.22. The van der Waals surface area contributed by atoms with Crippen molar-refractivity contribution in [2.75, 3.05) is 20.1 Å². The Bertz CT molecular complexity index is 371. The second-order valence-corrected chi connectivity index (χ2v) is 5.81. The summed E-state index contributed by atoms with van der Waals surface area (Å²) in [5, 5.41) is 12.4. The lowest BCUT2D eigenvalue weighted by Gasteiger charge is -2.32. The van der Waals surface area contributed by atoms with Crippen molar-refractivity contribution in [2.45, 2.75) is 56.8 Å². The number of ether oxygens (including phenoxy) is 1. The number of nitrogens with zero attached hydrogens (tertiary/aromatic N) is 2. The minimum atomic E-state index is -0.785. The van der Waals surface area contributed by atoms with Gasteiger partial charge < -0.3 is 19.8 Å². The van der Waals surface area contributed by atoms with Gasteiger partial charge in [0, 0.05) is 13.1 Å². The molecule has 2 aliphatic rings. The molecular formula is C13H23N3O5. The molecule has 1 aliphatic heterocycles. The molecule has 0 aromatic heterocycles. The van der Waals surface area contributed by atoms with E-state index < -0.39 is 17.3 Å². The fourth-order valence-corrected chi connectivity index (χ4v) is 2.94. The van der Waals surface area contributed by atoms with Crippen molar-refractivity contribution in [3.63, 3.8) is 0 Å². The van der Waals surface area contributed by atoms with Crippen LogP contribution in [0.3, 0.4) is 0 Å². The van der Waals surface area contributed by atoms with E-state index in [1.54, 1.807) is 0 Å². The van der Waals surface area contributed by atoms with Crippen molar-refractivity contribution in [3.05, 3.63) is 10.1 Å². The molecule has 0 radical (unpaired) electrons. The van der Waals surface area contributed by atoms with Crippen LogP contribution in [0.5, 0.6) is 0 Å². The summed E-state index contributed by atoms with van der Waals surface area (Å²) in [6, 6.07) is -0.345. The predicted octanol–water partition coefficient (Wildman–Crippen LogP) is 1.33. The molecule has 1 N–H and O–H groups in total. The summed E-state index contributed by atoms with van der Waals surface area (Å²) in [5.41, 5.74) is 0. The summed E-state index contributed by atoms with van der Waals surface area (Å²) < 4.78 is 5.39. The second-order valence-electron chi connectivity index (χ2n) is 5.81. The first kappa shape index (κ1) is 15.8. The normalized spacial score (nSPS) is 27.9. The van der Waals surface area contributed by atoms with Gasteiger partial charge in [-0.3, -0.25) is 0 Å². The largest absolute Gasteiger partial charge is 0.446 e. The molecule has 2 rings (SSSR count).